The number of rotatable bonds is 10. The number of hydrogen-bond donors (Lipinski definition) is 3. The van der Waals surface area contributed by atoms with Gasteiger partial charge in [-0.15, -0.1) is 0 Å². The van der Waals surface area contributed by atoms with Gasteiger partial charge in [0.1, 0.15) is 0 Å². The first-order valence-corrected chi connectivity index (χ1v) is 9.78. The topological polar surface area (TPSA) is 53.3 Å². The molecule has 0 heterocycles. The van der Waals surface area contributed by atoms with E-state index in [2.05, 4.69) is 15.5 Å². The van der Waals surface area contributed by atoms with Gasteiger partial charge in [0.05, 0.1) is 0 Å². The zero-order valence-corrected chi connectivity index (χ0v) is 14.5. The number of hydrogen-bond acceptors (Lipinski definition) is 4. The summed E-state index contributed by atoms with van der Waals surface area (Å²) in [6.07, 6.45) is 14.2. The van der Waals surface area contributed by atoms with Gasteiger partial charge in [-0.2, -0.15) is 0 Å². The van der Waals surface area contributed by atoms with Crippen LogP contribution >= 0.6 is 0 Å². The van der Waals surface area contributed by atoms with Gasteiger partial charge in [0.25, 0.3) is 0 Å². The van der Waals surface area contributed by atoms with Crippen LogP contribution in [0.3, 0.4) is 0 Å². The molecular weight excluding hydrogens is 272 g/mol. The van der Waals surface area contributed by atoms with Gasteiger partial charge >= 0.3 is 0 Å². The van der Waals surface area contributed by atoms with Crippen LogP contribution in [0.15, 0.2) is 0 Å². The van der Waals surface area contributed by atoms with E-state index in [-0.39, 0.29) is 0 Å². The quantitative estimate of drug-likeness (QED) is 0.541. The Labute approximate surface area is 137 Å². The minimum atomic E-state index is 0.743. The highest BCUT2D eigenvalue weighted by Crippen LogP contribution is 2.22. The third-order valence-corrected chi connectivity index (χ3v) is 5.43. The lowest BCUT2D eigenvalue weighted by molar-refractivity contribution is 0.154. The Morgan fingerprint density at radius 3 is 2.09 bits per heavy atom. The molecule has 4 N–H and O–H groups in total. The summed E-state index contributed by atoms with van der Waals surface area (Å²) in [5.74, 6) is 0. The van der Waals surface area contributed by atoms with E-state index < -0.39 is 0 Å². The standard InChI is InChI=1S/C18H38N4/c19-11-12-20-13-15-22(18-9-5-2-6-10-18)16-14-21-17-7-3-1-4-8-17/h17-18,20-21H,1-16,19H2. The van der Waals surface area contributed by atoms with Crippen molar-refractivity contribution in [3.63, 3.8) is 0 Å². The summed E-state index contributed by atoms with van der Waals surface area (Å²) in [5.41, 5.74) is 5.56. The van der Waals surface area contributed by atoms with Crippen molar-refractivity contribution >= 4 is 0 Å². The molecule has 0 saturated heterocycles. The van der Waals surface area contributed by atoms with Crippen molar-refractivity contribution in [1.82, 2.24) is 15.5 Å². The lowest BCUT2D eigenvalue weighted by Crippen LogP contribution is -2.46. The zero-order valence-electron chi connectivity index (χ0n) is 14.5. The molecule has 4 nitrogen and oxygen atoms in total. The van der Waals surface area contributed by atoms with Gasteiger partial charge in [0, 0.05) is 51.4 Å². The fourth-order valence-electron chi connectivity index (χ4n) is 4.09. The molecule has 0 aromatic rings. The first kappa shape index (κ1) is 18.2. The minimum absolute atomic E-state index is 0.743. The molecule has 0 amide bonds. The molecule has 0 unspecified atom stereocenters. The Balaban J connectivity index is 1.68. The van der Waals surface area contributed by atoms with Crippen molar-refractivity contribution in [2.75, 3.05) is 39.3 Å². The average molecular weight is 311 g/mol. The summed E-state index contributed by atoms with van der Waals surface area (Å²) in [5, 5.41) is 7.27. The molecule has 0 bridgehead atoms. The second-order valence-electron chi connectivity index (χ2n) is 7.16. The molecule has 0 aromatic heterocycles. The van der Waals surface area contributed by atoms with E-state index >= 15 is 0 Å². The molecule has 0 atom stereocenters. The highest BCUT2D eigenvalue weighted by molar-refractivity contribution is 4.78. The summed E-state index contributed by atoms with van der Waals surface area (Å²) in [6.45, 7) is 6.32. The highest BCUT2D eigenvalue weighted by Gasteiger charge is 2.21. The SMILES string of the molecule is NCCNCCN(CCNC1CCCCC1)C1CCCCC1. The van der Waals surface area contributed by atoms with Gasteiger partial charge in [-0.1, -0.05) is 38.5 Å². The Hall–Kier alpha value is -0.160. The van der Waals surface area contributed by atoms with Crippen LogP contribution in [0.4, 0.5) is 0 Å². The van der Waals surface area contributed by atoms with Crippen LogP contribution in [-0.4, -0.2) is 56.3 Å². The van der Waals surface area contributed by atoms with Gasteiger partial charge in [-0.05, 0) is 25.7 Å². The molecule has 130 valence electrons. The van der Waals surface area contributed by atoms with Crippen LogP contribution in [0.2, 0.25) is 0 Å². The number of nitrogens with one attached hydrogen (secondary N) is 2. The summed E-state index contributed by atoms with van der Waals surface area (Å²) in [7, 11) is 0. The number of nitrogens with two attached hydrogens (primary N) is 1. The fourth-order valence-corrected chi connectivity index (χ4v) is 4.09. The lowest BCUT2D eigenvalue weighted by Gasteiger charge is -2.35. The van der Waals surface area contributed by atoms with Crippen LogP contribution in [0, 0.1) is 0 Å². The van der Waals surface area contributed by atoms with E-state index in [1.54, 1.807) is 0 Å². The number of nitrogens with zero attached hydrogens (tertiary/aromatic N) is 1. The van der Waals surface area contributed by atoms with E-state index in [0.29, 0.717) is 0 Å². The predicted molar refractivity (Wildman–Crippen MR) is 95.2 cm³/mol. The maximum absolute atomic E-state index is 5.56. The first-order valence-electron chi connectivity index (χ1n) is 9.78. The maximum atomic E-state index is 5.56. The molecule has 0 aliphatic heterocycles. The van der Waals surface area contributed by atoms with Crippen LogP contribution in [0.1, 0.15) is 64.2 Å². The van der Waals surface area contributed by atoms with Crippen LogP contribution < -0.4 is 16.4 Å². The third kappa shape index (κ3) is 6.95. The van der Waals surface area contributed by atoms with E-state index in [4.69, 9.17) is 5.73 Å². The van der Waals surface area contributed by atoms with Gasteiger partial charge in [-0.25, -0.2) is 0 Å². The Bertz CT molecular complexity index is 260. The Morgan fingerprint density at radius 2 is 1.41 bits per heavy atom. The molecule has 22 heavy (non-hydrogen) atoms. The molecule has 2 rings (SSSR count). The van der Waals surface area contributed by atoms with Crippen molar-refractivity contribution < 1.29 is 0 Å². The molecule has 2 saturated carbocycles. The smallest absolute Gasteiger partial charge is 0.0110 e. The van der Waals surface area contributed by atoms with Crippen LogP contribution in [0.25, 0.3) is 0 Å². The van der Waals surface area contributed by atoms with Crippen LogP contribution in [0.5, 0.6) is 0 Å². The predicted octanol–water partition coefficient (Wildman–Crippen LogP) is 2.09. The highest BCUT2D eigenvalue weighted by atomic mass is 15.2. The Morgan fingerprint density at radius 1 is 0.773 bits per heavy atom. The molecule has 4 heteroatoms. The van der Waals surface area contributed by atoms with Crippen molar-refractivity contribution in [3.05, 3.63) is 0 Å². The second kappa shape index (κ2) is 11.4. The van der Waals surface area contributed by atoms with Crippen molar-refractivity contribution in [1.29, 1.82) is 0 Å². The normalized spacial score (nSPS) is 21.5. The third-order valence-electron chi connectivity index (χ3n) is 5.43. The van der Waals surface area contributed by atoms with Gasteiger partial charge in [-0.3, -0.25) is 4.90 Å². The van der Waals surface area contributed by atoms with Gasteiger partial charge in [0.15, 0.2) is 0 Å². The zero-order chi connectivity index (χ0) is 15.5. The molecule has 2 aliphatic rings. The molecular formula is C18H38N4. The van der Waals surface area contributed by atoms with Crippen molar-refractivity contribution in [2.24, 2.45) is 5.73 Å². The summed E-state index contributed by atoms with van der Waals surface area (Å²) < 4.78 is 0. The lowest BCUT2D eigenvalue weighted by atomic mass is 9.94. The first-order chi connectivity index (χ1) is 10.9. The Kier molecular flexibility index (Phi) is 9.41. The fraction of sp³-hybridized carbons (Fsp3) is 1.00. The molecule has 0 spiro atoms. The summed E-state index contributed by atoms with van der Waals surface area (Å²) in [6, 6.07) is 1.61. The maximum Gasteiger partial charge on any atom is 0.0110 e. The van der Waals surface area contributed by atoms with E-state index in [1.807, 2.05) is 0 Å². The van der Waals surface area contributed by atoms with Crippen LogP contribution in [-0.2, 0) is 0 Å². The summed E-state index contributed by atoms with van der Waals surface area (Å²) >= 11 is 0. The van der Waals surface area contributed by atoms with Gasteiger partial charge in [0.2, 0.25) is 0 Å². The average Bonchev–Trinajstić information content (AvgIpc) is 2.59. The molecule has 2 fully saturated rings. The van der Waals surface area contributed by atoms with Gasteiger partial charge < -0.3 is 16.4 Å². The molecule has 0 aromatic carbocycles. The second-order valence-corrected chi connectivity index (χ2v) is 7.16. The largest absolute Gasteiger partial charge is 0.329 e. The van der Waals surface area contributed by atoms with E-state index in [0.717, 1.165) is 38.3 Å². The van der Waals surface area contributed by atoms with E-state index in [1.165, 1.54) is 77.3 Å². The minimum Gasteiger partial charge on any atom is -0.329 e. The monoisotopic (exact) mass is 310 g/mol. The molecule has 2 aliphatic carbocycles. The summed E-state index contributed by atoms with van der Waals surface area (Å²) in [4.78, 5) is 2.73. The van der Waals surface area contributed by atoms with E-state index in [9.17, 15) is 0 Å². The van der Waals surface area contributed by atoms with Crippen molar-refractivity contribution in [2.45, 2.75) is 76.3 Å². The molecule has 0 radical (unpaired) electrons. The van der Waals surface area contributed by atoms with Crippen molar-refractivity contribution in [3.8, 4) is 0 Å².